The van der Waals surface area contributed by atoms with E-state index in [1.54, 1.807) is 0 Å². The third kappa shape index (κ3) is 5.28. The molecule has 0 aromatic heterocycles. The van der Waals surface area contributed by atoms with E-state index in [1.165, 1.54) is 0 Å². The van der Waals surface area contributed by atoms with Crippen molar-refractivity contribution in [3.05, 3.63) is 0 Å². The second-order valence-corrected chi connectivity index (χ2v) is 6.14. The van der Waals surface area contributed by atoms with Gasteiger partial charge in [-0.3, -0.25) is 4.79 Å². The van der Waals surface area contributed by atoms with Gasteiger partial charge in [0.25, 0.3) is 0 Å². The van der Waals surface area contributed by atoms with E-state index < -0.39 is 18.0 Å². The zero-order valence-corrected chi connectivity index (χ0v) is 10.7. The molecule has 0 spiro atoms. The molecule has 0 heterocycles. The number of carboxylic acid groups (broad SMARTS) is 1. The lowest BCUT2D eigenvalue weighted by atomic mass is 9.90. The van der Waals surface area contributed by atoms with Gasteiger partial charge in [0.1, 0.15) is 17.9 Å². The normalized spacial score (nSPS) is 19.8. The molecular formula is C12H21NO4. The molecule has 0 aliphatic heterocycles. The Balaban J connectivity index is 2.69. The van der Waals surface area contributed by atoms with Crippen molar-refractivity contribution in [2.24, 2.45) is 5.92 Å². The van der Waals surface area contributed by atoms with Crippen molar-refractivity contribution < 1.29 is 24.3 Å². The van der Waals surface area contributed by atoms with E-state index in [2.05, 4.69) is 0 Å². The van der Waals surface area contributed by atoms with Crippen molar-refractivity contribution in [2.75, 3.05) is 27.7 Å². The summed E-state index contributed by atoms with van der Waals surface area (Å²) in [5.41, 5.74) is -1.49. The molecule has 5 nitrogen and oxygen atoms in total. The smallest absolute Gasteiger partial charge is 0.139 e. The number of aliphatic carboxylic acids is 1. The van der Waals surface area contributed by atoms with E-state index in [-0.39, 0.29) is 24.7 Å². The summed E-state index contributed by atoms with van der Waals surface area (Å²) in [7, 11) is 5.55. The fraction of sp³-hybridized carbons (Fsp3) is 0.833. The highest BCUT2D eigenvalue weighted by Crippen LogP contribution is 2.33. The molecule has 0 saturated heterocycles. The molecule has 0 amide bonds. The maximum Gasteiger partial charge on any atom is 0.139 e. The second-order valence-electron chi connectivity index (χ2n) is 6.14. The lowest BCUT2D eigenvalue weighted by Crippen LogP contribution is -2.52. The second kappa shape index (κ2) is 4.74. The summed E-state index contributed by atoms with van der Waals surface area (Å²) in [5, 5.41) is 21.0. The molecule has 0 radical (unpaired) electrons. The Morgan fingerprint density at radius 2 is 1.82 bits per heavy atom. The van der Waals surface area contributed by atoms with E-state index in [9.17, 15) is 19.8 Å². The molecule has 1 atom stereocenters. The number of rotatable bonds is 7. The van der Waals surface area contributed by atoms with Crippen molar-refractivity contribution in [3.8, 4) is 0 Å². The Kier molecular flexibility index (Phi) is 3.94. The van der Waals surface area contributed by atoms with Crippen molar-refractivity contribution in [3.63, 3.8) is 0 Å². The summed E-state index contributed by atoms with van der Waals surface area (Å²) in [5.74, 6) is -1.30. The Hall–Kier alpha value is -0.940. The predicted octanol–water partition coefficient (Wildman–Crippen LogP) is -1.07. The Bertz CT molecular complexity index is 317. The molecule has 0 aromatic rings. The van der Waals surface area contributed by atoms with E-state index in [0.29, 0.717) is 4.48 Å². The first kappa shape index (κ1) is 14.1. The highest BCUT2D eigenvalue weighted by atomic mass is 16.4. The molecular weight excluding hydrogens is 222 g/mol. The van der Waals surface area contributed by atoms with Crippen LogP contribution in [0, 0.1) is 5.92 Å². The van der Waals surface area contributed by atoms with Gasteiger partial charge in [0.2, 0.25) is 0 Å². The lowest BCUT2D eigenvalue weighted by Gasteiger charge is -2.35. The third-order valence-electron chi connectivity index (χ3n) is 2.78. The highest BCUT2D eigenvalue weighted by molar-refractivity contribution is 5.84. The summed E-state index contributed by atoms with van der Waals surface area (Å²) in [4.78, 5) is 22.4. The van der Waals surface area contributed by atoms with Crippen molar-refractivity contribution >= 4 is 11.8 Å². The molecule has 17 heavy (non-hydrogen) atoms. The molecule has 0 bridgehead atoms. The third-order valence-corrected chi connectivity index (χ3v) is 2.78. The number of quaternary nitrogens is 1. The average Bonchev–Trinajstić information content (AvgIpc) is 2.76. The molecule has 98 valence electrons. The van der Waals surface area contributed by atoms with E-state index in [0.717, 1.165) is 12.8 Å². The number of aliphatic hydroxyl groups is 1. The van der Waals surface area contributed by atoms with Gasteiger partial charge in [-0.25, -0.2) is 0 Å². The quantitative estimate of drug-likeness (QED) is 0.578. The van der Waals surface area contributed by atoms with Gasteiger partial charge in [-0.15, -0.1) is 0 Å². The number of carbonyl (C=O) groups is 2. The average molecular weight is 243 g/mol. The minimum absolute atomic E-state index is 0.0257. The highest BCUT2D eigenvalue weighted by Gasteiger charge is 2.40. The number of carbonyl (C=O) groups excluding carboxylic acids is 2. The summed E-state index contributed by atoms with van der Waals surface area (Å²) in [6.07, 6.45) is 1.16. The van der Waals surface area contributed by atoms with Crippen molar-refractivity contribution in [2.45, 2.75) is 31.3 Å². The molecule has 5 heteroatoms. The van der Waals surface area contributed by atoms with E-state index in [1.807, 2.05) is 21.1 Å². The first-order chi connectivity index (χ1) is 7.61. The predicted molar refractivity (Wildman–Crippen MR) is 59.8 cm³/mol. The largest absolute Gasteiger partial charge is 0.550 e. The van der Waals surface area contributed by atoms with E-state index in [4.69, 9.17) is 0 Å². The molecule has 1 N–H and O–H groups in total. The maximum atomic E-state index is 11.7. The van der Waals surface area contributed by atoms with Crippen LogP contribution in [0.2, 0.25) is 0 Å². The van der Waals surface area contributed by atoms with Crippen LogP contribution in [0.3, 0.4) is 0 Å². The summed E-state index contributed by atoms with van der Waals surface area (Å²) in [6.45, 7) is 0.222. The van der Waals surface area contributed by atoms with E-state index >= 15 is 0 Å². The monoisotopic (exact) mass is 243 g/mol. The van der Waals surface area contributed by atoms with Gasteiger partial charge in [-0.1, -0.05) is 0 Å². The van der Waals surface area contributed by atoms with Crippen LogP contribution in [0.5, 0.6) is 0 Å². The fourth-order valence-electron chi connectivity index (χ4n) is 2.20. The molecule has 1 fully saturated rings. The van der Waals surface area contributed by atoms with Gasteiger partial charge < -0.3 is 19.5 Å². The first-order valence-electron chi connectivity index (χ1n) is 5.87. The Morgan fingerprint density at radius 3 is 2.18 bits per heavy atom. The number of nitrogens with zero attached hydrogens (tertiary/aromatic N) is 1. The summed E-state index contributed by atoms with van der Waals surface area (Å²) >= 11 is 0. The number of ketones is 1. The van der Waals surface area contributed by atoms with Gasteiger partial charge in [-0.2, -0.15) is 0 Å². The van der Waals surface area contributed by atoms with Gasteiger partial charge in [0.15, 0.2) is 0 Å². The zero-order chi connectivity index (χ0) is 13.3. The standard InChI is InChI=1S/C12H21NO4/c1-13(2,3)8-12(17,7-11(15)16)6-10(14)9-4-5-9/h9,17H,4-8H2,1-3H3/t12-/m1/s1. The van der Waals surface area contributed by atoms with Gasteiger partial charge >= 0.3 is 0 Å². The minimum atomic E-state index is -1.49. The molecule has 1 aliphatic rings. The zero-order valence-electron chi connectivity index (χ0n) is 10.7. The minimum Gasteiger partial charge on any atom is -0.550 e. The van der Waals surface area contributed by atoms with Crippen LogP contribution >= 0.6 is 0 Å². The van der Waals surface area contributed by atoms with Gasteiger partial charge in [0, 0.05) is 24.7 Å². The molecule has 1 aliphatic carbocycles. The first-order valence-corrected chi connectivity index (χ1v) is 5.87. The van der Waals surface area contributed by atoms with Gasteiger partial charge in [-0.05, 0) is 12.8 Å². The van der Waals surface area contributed by atoms with Crippen LogP contribution in [0.1, 0.15) is 25.7 Å². The molecule has 0 aromatic carbocycles. The number of likely N-dealkylation sites (N-methyl/N-ethyl adjacent to an activating group) is 1. The number of Topliss-reactive ketones (excluding diaryl/α,β-unsaturated/α-hetero) is 1. The van der Waals surface area contributed by atoms with Crippen molar-refractivity contribution in [1.82, 2.24) is 0 Å². The molecule has 1 saturated carbocycles. The summed E-state index contributed by atoms with van der Waals surface area (Å²) in [6, 6.07) is 0. The van der Waals surface area contributed by atoms with Crippen LogP contribution in [-0.2, 0) is 9.59 Å². The number of carboxylic acids is 1. The van der Waals surface area contributed by atoms with Crippen LogP contribution in [0.25, 0.3) is 0 Å². The number of hydrogen-bond acceptors (Lipinski definition) is 4. The van der Waals surface area contributed by atoms with Crippen LogP contribution in [0.15, 0.2) is 0 Å². The maximum absolute atomic E-state index is 11.7. The lowest BCUT2D eigenvalue weighted by molar-refractivity contribution is -0.877. The SMILES string of the molecule is C[N+](C)(C)C[C@](O)(CC(=O)[O-])CC(=O)C1CC1. The van der Waals surface area contributed by atoms with Crippen LogP contribution in [-0.4, -0.2) is 54.6 Å². The Morgan fingerprint density at radius 1 is 1.29 bits per heavy atom. The molecule has 1 rings (SSSR count). The Labute approximate surface area is 102 Å². The summed E-state index contributed by atoms with van der Waals surface area (Å²) < 4.78 is 0.404. The number of hydrogen-bond donors (Lipinski definition) is 1. The van der Waals surface area contributed by atoms with Crippen molar-refractivity contribution in [1.29, 1.82) is 0 Å². The van der Waals surface area contributed by atoms with Crippen LogP contribution in [0.4, 0.5) is 0 Å². The van der Waals surface area contributed by atoms with Gasteiger partial charge in [0.05, 0.1) is 21.1 Å². The van der Waals surface area contributed by atoms with Crippen LogP contribution < -0.4 is 5.11 Å². The molecule has 0 unspecified atom stereocenters. The fourth-order valence-corrected chi connectivity index (χ4v) is 2.20. The topological polar surface area (TPSA) is 77.4 Å².